The van der Waals surface area contributed by atoms with Crippen LogP contribution in [-0.2, 0) is 6.54 Å². The minimum atomic E-state index is -0.322. The molecule has 0 atom stereocenters. The molecule has 0 aliphatic heterocycles. The predicted molar refractivity (Wildman–Crippen MR) is 97.7 cm³/mol. The maximum absolute atomic E-state index is 12.3. The fourth-order valence-electron chi connectivity index (χ4n) is 2.19. The molecule has 3 aromatic rings. The van der Waals surface area contributed by atoms with Gasteiger partial charge < -0.3 is 10.6 Å². The highest BCUT2D eigenvalue weighted by Crippen LogP contribution is 2.20. The Morgan fingerprint density at radius 3 is 2.72 bits per heavy atom. The van der Waals surface area contributed by atoms with Gasteiger partial charge in [0.05, 0.1) is 12.4 Å². The summed E-state index contributed by atoms with van der Waals surface area (Å²) in [5, 5.41) is 6.56. The highest BCUT2D eigenvalue weighted by atomic mass is 35.5. The highest BCUT2D eigenvalue weighted by molar-refractivity contribution is 6.30. The number of anilines is 2. The molecule has 2 heterocycles. The van der Waals surface area contributed by atoms with Gasteiger partial charge in [0.15, 0.2) is 0 Å². The van der Waals surface area contributed by atoms with Gasteiger partial charge in [0.2, 0.25) is 0 Å². The monoisotopic (exact) mass is 353 g/mol. The van der Waals surface area contributed by atoms with Crippen LogP contribution in [0.15, 0.2) is 55.1 Å². The second-order valence-electron chi connectivity index (χ2n) is 5.42. The number of benzene rings is 1. The van der Waals surface area contributed by atoms with Gasteiger partial charge in [-0.05, 0) is 42.3 Å². The van der Waals surface area contributed by atoms with Gasteiger partial charge in [0.1, 0.15) is 11.5 Å². The van der Waals surface area contributed by atoms with Gasteiger partial charge in [-0.25, -0.2) is 9.97 Å². The number of rotatable bonds is 5. The zero-order chi connectivity index (χ0) is 17.6. The van der Waals surface area contributed by atoms with E-state index in [0.29, 0.717) is 23.1 Å². The van der Waals surface area contributed by atoms with E-state index >= 15 is 0 Å². The molecule has 1 amide bonds. The van der Waals surface area contributed by atoms with Crippen LogP contribution in [0.4, 0.5) is 11.5 Å². The second-order valence-corrected chi connectivity index (χ2v) is 5.85. The third-order valence-corrected chi connectivity index (χ3v) is 3.75. The average Bonchev–Trinajstić information content (AvgIpc) is 2.63. The lowest BCUT2D eigenvalue weighted by Gasteiger charge is -2.09. The van der Waals surface area contributed by atoms with Gasteiger partial charge in [-0.1, -0.05) is 17.7 Å². The molecule has 0 bridgehead atoms. The van der Waals surface area contributed by atoms with E-state index < -0.39 is 0 Å². The molecule has 0 aliphatic carbocycles. The number of pyridine rings is 1. The summed E-state index contributed by atoms with van der Waals surface area (Å²) >= 11 is 5.92. The molecule has 1 aromatic carbocycles. The summed E-state index contributed by atoms with van der Waals surface area (Å²) in [5.74, 6) is 0.264. The molecule has 3 rings (SSSR count). The Bertz CT molecular complexity index is 868. The average molecular weight is 354 g/mol. The molecule has 0 saturated carbocycles. The fourth-order valence-corrected chi connectivity index (χ4v) is 2.41. The van der Waals surface area contributed by atoms with Crippen molar-refractivity contribution in [1.82, 2.24) is 15.0 Å². The molecule has 0 aliphatic rings. The van der Waals surface area contributed by atoms with Crippen molar-refractivity contribution >= 4 is 29.0 Å². The third kappa shape index (κ3) is 4.51. The van der Waals surface area contributed by atoms with Crippen LogP contribution in [0, 0.1) is 6.92 Å². The minimum Gasteiger partial charge on any atom is -0.365 e. The zero-order valence-corrected chi connectivity index (χ0v) is 14.3. The van der Waals surface area contributed by atoms with E-state index in [1.54, 1.807) is 30.6 Å². The van der Waals surface area contributed by atoms with E-state index in [1.807, 2.05) is 19.1 Å². The Balaban J connectivity index is 1.62. The maximum Gasteiger partial charge on any atom is 0.275 e. The SMILES string of the molecule is Cc1cc(Cl)ccc1NC(=O)c1cnc(NCc2cccnc2)cn1. The van der Waals surface area contributed by atoms with Crippen molar-refractivity contribution in [2.24, 2.45) is 0 Å². The van der Waals surface area contributed by atoms with E-state index in [4.69, 9.17) is 11.6 Å². The number of aromatic nitrogens is 3. The molecule has 25 heavy (non-hydrogen) atoms. The molecule has 0 unspecified atom stereocenters. The Kier molecular flexibility index (Phi) is 5.20. The zero-order valence-electron chi connectivity index (χ0n) is 13.5. The minimum absolute atomic E-state index is 0.237. The van der Waals surface area contributed by atoms with Crippen molar-refractivity contribution in [1.29, 1.82) is 0 Å². The number of nitrogens with zero attached hydrogens (tertiary/aromatic N) is 3. The van der Waals surface area contributed by atoms with Gasteiger partial charge in [-0.3, -0.25) is 9.78 Å². The van der Waals surface area contributed by atoms with E-state index in [2.05, 4.69) is 25.6 Å². The first-order valence-corrected chi connectivity index (χ1v) is 8.02. The smallest absolute Gasteiger partial charge is 0.275 e. The van der Waals surface area contributed by atoms with Crippen LogP contribution in [0.25, 0.3) is 0 Å². The molecule has 2 aromatic heterocycles. The Labute approximate surface area is 150 Å². The van der Waals surface area contributed by atoms with Crippen LogP contribution in [0.5, 0.6) is 0 Å². The number of aryl methyl sites for hydroxylation is 1. The number of carbonyl (C=O) groups is 1. The summed E-state index contributed by atoms with van der Waals surface area (Å²) in [6.45, 7) is 2.46. The van der Waals surface area contributed by atoms with Crippen molar-refractivity contribution in [3.05, 3.63) is 77.0 Å². The van der Waals surface area contributed by atoms with Gasteiger partial charge in [0, 0.05) is 29.6 Å². The summed E-state index contributed by atoms with van der Waals surface area (Å²) < 4.78 is 0. The van der Waals surface area contributed by atoms with E-state index in [0.717, 1.165) is 11.1 Å². The van der Waals surface area contributed by atoms with Crippen molar-refractivity contribution in [3.63, 3.8) is 0 Å². The lowest BCUT2D eigenvalue weighted by Crippen LogP contribution is -2.15. The normalized spacial score (nSPS) is 10.3. The van der Waals surface area contributed by atoms with Crippen molar-refractivity contribution in [3.8, 4) is 0 Å². The molecule has 126 valence electrons. The molecule has 2 N–H and O–H groups in total. The lowest BCUT2D eigenvalue weighted by molar-refractivity contribution is 0.102. The first-order chi connectivity index (χ1) is 12.1. The summed E-state index contributed by atoms with van der Waals surface area (Å²) in [5.41, 5.74) is 2.84. The molecular formula is C18H16ClN5O. The Hall–Kier alpha value is -2.99. The van der Waals surface area contributed by atoms with Crippen molar-refractivity contribution < 1.29 is 4.79 Å². The Morgan fingerprint density at radius 1 is 1.16 bits per heavy atom. The maximum atomic E-state index is 12.3. The number of hydrogen-bond acceptors (Lipinski definition) is 5. The fraction of sp³-hybridized carbons (Fsp3) is 0.111. The van der Waals surface area contributed by atoms with E-state index in [1.165, 1.54) is 12.4 Å². The third-order valence-electron chi connectivity index (χ3n) is 3.52. The molecule has 0 saturated heterocycles. The van der Waals surface area contributed by atoms with Gasteiger partial charge in [-0.2, -0.15) is 0 Å². The van der Waals surface area contributed by atoms with Crippen LogP contribution >= 0.6 is 11.6 Å². The van der Waals surface area contributed by atoms with Crippen LogP contribution in [-0.4, -0.2) is 20.9 Å². The van der Waals surface area contributed by atoms with Gasteiger partial charge in [0.25, 0.3) is 5.91 Å². The number of halogens is 1. The molecular weight excluding hydrogens is 338 g/mol. The number of amides is 1. The quantitative estimate of drug-likeness (QED) is 0.731. The molecule has 0 radical (unpaired) electrons. The van der Waals surface area contributed by atoms with E-state index in [-0.39, 0.29) is 11.6 Å². The molecule has 0 fully saturated rings. The molecule has 0 spiro atoms. The summed E-state index contributed by atoms with van der Waals surface area (Å²) in [4.78, 5) is 24.7. The molecule has 6 nitrogen and oxygen atoms in total. The first kappa shape index (κ1) is 16.9. The van der Waals surface area contributed by atoms with Crippen molar-refractivity contribution in [2.75, 3.05) is 10.6 Å². The van der Waals surface area contributed by atoms with E-state index in [9.17, 15) is 4.79 Å². The summed E-state index contributed by atoms with van der Waals surface area (Å²) in [6.07, 6.45) is 6.46. The number of hydrogen-bond donors (Lipinski definition) is 2. The Morgan fingerprint density at radius 2 is 2.04 bits per heavy atom. The van der Waals surface area contributed by atoms with Crippen LogP contribution in [0.3, 0.4) is 0 Å². The van der Waals surface area contributed by atoms with Crippen LogP contribution < -0.4 is 10.6 Å². The highest BCUT2D eigenvalue weighted by Gasteiger charge is 2.10. The van der Waals surface area contributed by atoms with Crippen LogP contribution in [0.2, 0.25) is 5.02 Å². The van der Waals surface area contributed by atoms with Gasteiger partial charge in [-0.15, -0.1) is 0 Å². The topological polar surface area (TPSA) is 79.8 Å². The largest absolute Gasteiger partial charge is 0.365 e. The van der Waals surface area contributed by atoms with Gasteiger partial charge >= 0.3 is 0 Å². The first-order valence-electron chi connectivity index (χ1n) is 7.64. The van der Waals surface area contributed by atoms with Crippen LogP contribution in [0.1, 0.15) is 21.6 Å². The summed E-state index contributed by atoms with van der Waals surface area (Å²) in [7, 11) is 0. The number of nitrogens with one attached hydrogen (secondary N) is 2. The number of carbonyl (C=O) groups excluding carboxylic acids is 1. The summed E-state index contributed by atoms with van der Waals surface area (Å²) in [6, 6.07) is 9.10. The second kappa shape index (κ2) is 7.72. The predicted octanol–water partition coefficient (Wildman–Crippen LogP) is 3.70. The standard InChI is InChI=1S/C18H16ClN5O/c1-12-7-14(19)4-5-15(12)24-18(25)16-10-23-17(11-21-16)22-9-13-3-2-6-20-8-13/h2-8,10-11H,9H2,1H3,(H,22,23)(H,24,25). The molecule has 7 heteroatoms. The van der Waals surface area contributed by atoms with Crippen molar-refractivity contribution in [2.45, 2.75) is 13.5 Å². The lowest BCUT2D eigenvalue weighted by atomic mass is 10.2.